The maximum Gasteiger partial charge on any atom is 0.224 e. The molecule has 0 bridgehead atoms. The number of carbonyl (C=O) groups excluding carboxylic acids is 1. The van der Waals surface area contributed by atoms with Crippen molar-refractivity contribution in [3.05, 3.63) is 66.2 Å². The van der Waals surface area contributed by atoms with Crippen molar-refractivity contribution in [3.8, 4) is 0 Å². The molecular formula is C14H11ClN2O. The van der Waals surface area contributed by atoms with Gasteiger partial charge in [-0.2, -0.15) is 5.10 Å². The molecule has 0 unspecified atom stereocenters. The molecule has 0 atom stereocenters. The highest BCUT2D eigenvalue weighted by atomic mass is 35.5. The van der Waals surface area contributed by atoms with E-state index in [1.807, 2.05) is 36.4 Å². The number of hydrogen-bond acceptors (Lipinski definition) is 3. The average molecular weight is 259 g/mol. The number of Topliss-reactive ketones (excluding diaryl/α,β-unsaturated/α-hetero) is 1. The quantitative estimate of drug-likeness (QED) is 0.518. The first-order chi connectivity index (χ1) is 8.77. The van der Waals surface area contributed by atoms with E-state index in [0.29, 0.717) is 5.56 Å². The van der Waals surface area contributed by atoms with Crippen LogP contribution in [-0.4, -0.2) is 11.0 Å². The van der Waals surface area contributed by atoms with Crippen molar-refractivity contribution >= 4 is 28.2 Å². The van der Waals surface area contributed by atoms with Crippen molar-refractivity contribution in [2.75, 3.05) is 5.43 Å². The van der Waals surface area contributed by atoms with Crippen molar-refractivity contribution in [2.24, 2.45) is 5.10 Å². The fourth-order valence-corrected chi connectivity index (χ4v) is 1.54. The summed E-state index contributed by atoms with van der Waals surface area (Å²) in [6.07, 6.45) is 0. The number of hydrazone groups is 1. The number of halogens is 1. The highest BCUT2D eigenvalue weighted by molar-refractivity contribution is 6.84. The van der Waals surface area contributed by atoms with Crippen LogP contribution in [0.5, 0.6) is 0 Å². The molecule has 2 aromatic carbocycles. The highest BCUT2D eigenvalue weighted by Gasteiger charge is 2.10. The van der Waals surface area contributed by atoms with Gasteiger partial charge < -0.3 is 0 Å². The predicted molar refractivity (Wildman–Crippen MR) is 74.1 cm³/mol. The number of para-hydroxylation sites is 1. The number of nitrogens with zero attached hydrogens (tertiary/aromatic N) is 1. The van der Waals surface area contributed by atoms with Gasteiger partial charge in [-0.25, -0.2) is 0 Å². The van der Waals surface area contributed by atoms with Crippen LogP contribution in [0.25, 0.3) is 0 Å². The summed E-state index contributed by atoms with van der Waals surface area (Å²) in [7, 11) is 0. The monoisotopic (exact) mass is 258 g/mol. The summed E-state index contributed by atoms with van der Waals surface area (Å²) >= 11 is 5.85. The number of ketones is 1. The second-order valence-electron chi connectivity index (χ2n) is 3.58. The molecular weight excluding hydrogens is 248 g/mol. The fourth-order valence-electron chi connectivity index (χ4n) is 1.39. The molecule has 0 aliphatic rings. The lowest BCUT2D eigenvalue weighted by Crippen LogP contribution is -2.09. The van der Waals surface area contributed by atoms with Crippen molar-refractivity contribution in [1.82, 2.24) is 0 Å². The third kappa shape index (κ3) is 3.18. The zero-order chi connectivity index (χ0) is 12.8. The van der Waals surface area contributed by atoms with E-state index in [0.717, 1.165) is 5.69 Å². The van der Waals surface area contributed by atoms with E-state index in [1.54, 1.807) is 24.3 Å². The predicted octanol–water partition coefficient (Wildman–Crippen LogP) is 3.53. The van der Waals surface area contributed by atoms with Gasteiger partial charge in [-0.3, -0.25) is 10.2 Å². The van der Waals surface area contributed by atoms with Crippen LogP contribution in [0, 0.1) is 0 Å². The van der Waals surface area contributed by atoms with Crippen LogP contribution in [-0.2, 0) is 0 Å². The molecule has 0 spiro atoms. The first-order valence-electron chi connectivity index (χ1n) is 5.41. The Labute approximate surface area is 110 Å². The molecule has 0 fully saturated rings. The minimum atomic E-state index is -0.305. The molecule has 0 saturated heterocycles. The molecule has 0 heterocycles. The maximum absolute atomic E-state index is 11.9. The van der Waals surface area contributed by atoms with Crippen molar-refractivity contribution < 1.29 is 4.79 Å². The van der Waals surface area contributed by atoms with Crippen LogP contribution in [0.4, 0.5) is 5.69 Å². The van der Waals surface area contributed by atoms with Crippen LogP contribution in [0.15, 0.2) is 65.8 Å². The highest BCUT2D eigenvalue weighted by Crippen LogP contribution is 2.07. The van der Waals surface area contributed by atoms with Crippen LogP contribution in [0.1, 0.15) is 10.4 Å². The normalized spacial score (nSPS) is 11.1. The van der Waals surface area contributed by atoms with E-state index in [1.165, 1.54) is 0 Å². The van der Waals surface area contributed by atoms with E-state index >= 15 is 0 Å². The number of anilines is 1. The Bertz CT molecular complexity index is 553. The molecule has 90 valence electrons. The van der Waals surface area contributed by atoms with Crippen molar-refractivity contribution in [3.63, 3.8) is 0 Å². The van der Waals surface area contributed by atoms with Gasteiger partial charge in [-0.15, -0.1) is 0 Å². The maximum atomic E-state index is 11.9. The third-order valence-corrected chi connectivity index (χ3v) is 2.54. The molecule has 1 N–H and O–H groups in total. The molecule has 0 aromatic heterocycles. The van der Waals surface area contributed by atoms with Crippen molar-refractivity contribution in [1.29, 1.82) is 0 Å². The molecule has 4 heteroatoms. The van der Waals surface area contributed by atoms with E-state index in [-0.39, 0.29) is 11.0 Å². The molecule has 0 saturated carbocycles. The van der Waals surface area contributed by atoms with Gasteiger partial charge in [0, 0.05) is 5.56 Å². The van der Waals surface area contributed by atoms with Gasteiger partial charge in [-0.1, -0.05) is 60.1 Å². The number of benzene rings is 2. The number of hydrogen-bond donors (Lipinski definition) is 1. The molecule has 3 nitrogen and oxygen atoms in total. The Morgan fingerprint density at radius 3 is 2.11 bits per heavy atom. The summed E-state index contributed by atoms with van der Waals surface area (Å²) < 4.78 is 0. The Morgan fingerprint density at radius 1 is 0.944 bits per heavy atom. The van der Waals surface area contributed by atoms with Gasteiger partial charge in [0.05, 0.1) is 5.69 Å². The Morgan fingerprint density at radius 2 is 1.50 bits per heavy atom. The zero-order valence-corrected chi connectivity index (χ0v) is 10.3. The Balaban J connectivity index is 2.08. The summed E-state index contributed by atoms with van der Waals surface area (Å²) in [5.74, 6) is -0.305. The summed E-state index contributed by atoms with van der Waals surface area (Å²) in [5, 5.41) is 3.76. The summed E-state index contributed by atoms with van der Waals surface area (Å²) in [4.78, 5) is 11.9. The van der Waals surface area contributed by atoms with Crippen LogP contribution >= 0.6 is 11.6 Å². The van der Waals surface area contributed by atoms with E-state index < -0.39 is 0 Å². The van der Waals surface area contributed by atoms with Crippen LogP contribution < -0.4 is 5.43 Å². The Kier molecular flexibility index (Phi) is 4.10. The zero-order valence-electron chi connectivity index (χ0n) is 9.51. The summed E-state index contributed by atoms with van der Waals surface area (Å²) in [6.45, 7) is 0. The minimum Gasteiger partial charge on any atom is -0.286 e. The molecule has 0 aliphatic carbocycles. The largest absolute Gasteiger partial charge is 0.286 e. The number of rotatable bonds is 4. The van der Waals surface area contributed by atoms with E-state index in [2.05, 4.69) is 10.5 Å². The molecule has 2 rings (SSSR count). The first kappa shape index (κ1) is 12.3. The second kappa shape index (κ2) is 5.98. The first-order valence-corrected chi connectivity index (χ1v) is 5.79. The van der Waals surface area contributed by atoms with Gasteiger partial charge in [0.25, 0.3) is 0 Å². The van der Waals surface area contributed by atoms with Gasteiger partial charge in [0.15, 0.2) is 5.17 Å². The van der Waals surface area contributed by atoms with Gasteiger partial charge in [-0.05, 0) is 12.1 Å². The SMILES string of the molecule is O=C(/C(Cl)=N\Nc1ccccc1)c1ccccc1. The Hall–Kier alpha value is -2.13. The third-order valence-electron chi connectivity index (χ3n) is 2.28. The van der Waals surface area contributed by atoms with Gasteiger partial charge in [0.1, 0.15) is 0 Å². The van der Waals surface area contributed by atoms with Crippen LogP contribution in [0.3, 0.4) is 0 Å². The average Bonchev–Trinajstić information content (AvgIpc) is 2.46. The molecule has 0 radical (unpaired) electrons. The second-order valence-corrected chi connectivity index (χ2v) is 3.93. The van der Waals surface area contributed by atoms with E-state index in [4.69, 9.17) is 11.6 Å². The summed E-state index contributed by atoms with van der Waals surface area (Å²) in [5.41, 5.74) is 4.02. The van der Waals surface area contributed by atoms with Gasteiger partial charge >= 0.3 is 0 Å². The molecule has 18 heavy (non-hydrogen) atoms. The fraction of sp³-hybridized carbons (Fsp3) is 0. The molecule has 0 amide bonds. The smallest absolute Gasteiger partial charge is 0.224 e. The van der Waals surface area contributed by atoms with Gasteiger partial charge in [0.2, 0.25) is 5.78 Å². The summed E-state index contributed by atoms with van der Waals surface area (Å²) in [6, 6.07) is 18.1. The number of nitrogens with one attached hydrogen (secondary N) is 1. The van der Waals surface area contributed by atoms with Crippen LogP contribution in [0.2, 0.25) is 0 Å². The van der Waals surface area contributed by atoms with Crippen molar-refractivity contribution in [2.45, 2.75) is 0 Å². The topological polar surface area (TPSA) is 41.5 Å². The molecule has 2 aromatic rings. The lowest BCUT2D eigenvalue weighted by Gasteiger charge is -2.01. The standard InChI is InChI=1S/C14H11ClN2O/c15-14(13(18)11-7-3-1-4-8-11)17-16-12-9-5-2-6-10-12/h1-10,16H/b17-14+. The minimum absolute atomic E-state index is 0.0925. The molecule has 0 aliphatic heterocycles. The van der Waals surface area contributed by atoms with E-state index in [9.17, 15) is 4.79 Å². The lowest BCUT2D eigenvalue weighted by molar-refractivity contribution is 0.106. The lowest BCUT2D eigenvalue weighted by atomic mass is 10.1. The number of carbonyl (C=O) groups is 1.